The van der Waals surface area contributed by atoms with E-state index in [1.165, 1.54) is 17.3 Å². The maximum absolute atomic E-state index is 12.4. The number of anilines is 1. The summed E-state index contributed by atoms with van der Waals surface area (Å²) >= 11 is 1.27. The monoisotopic (exact) mass is 306 g/mol. The molecule has 0 aliphatic carbocycles. The van der Waals surface area contributed by atoms with Gasteiger partial charge in [0.05, 0.1) is 11.5 Å². The zero-order valence-electron chi connectivity index (χ0n) is 12.8. The summed E-state index contributed by atoms with van der Waals surface area (Å²) in [5, 5.41) is 0. The van der Waals surface area contributed by atoms with Gasteiger partial charge >= 0.3 is 0 Å². The second-order valence-electron chi connectivity index (χ2n) is 6.44. The topological polar surface area (TPSA) is 63.4 Å². The largest absolute Gasteiger partial charge is 0.369 e. The number of para-hydroxylation sites is 1. The molecule has 0 unspecified atom stereocenters. The van der Waals surface area contributed by atoms with Crippen LogP contribution < -0.4 is 10.6 Å². The number of primary amides is 1. The third kappa shape index (κ3) is 3.59. The van der Waals surface area contributed by atoms with E-state index >= 15 is 0 Å². The normalized spacial score (nSPS) is 17.7. The van der Waals surface area contributed by atoms with Crippen LogP contribution in [0.4, 0.5) is 5.69 Å². The average molecular weight is 306 g/mol. The molecule has 1 aromatic rings. The van der Waals surface area contributed by atoms with Gasteiger partial charge in [-0.05, 0) is 17.0 Å². The van der Waals surface area contributed by atoms with Crippen LogP contribution in [0.3, 0.4) is 0 Å². The van der Waals surface area contributed by atoms with Gasteiger partial charge in [-0.3, -0.25) is 9.59 Å². The highest BCUT2D eigenvalue weighted by Crippen LogP contribution is 2.45. The number of carbonyl (C=O) groups excluding carboxylic acids is 2. The van der Waals surface area contributed by atoms with Gasteiger partial charge in [0.15, 0.2) is 0 Å². The Morgan fingerprint density at radius 3 is 2.57 bits per heavy atom. The Bertz CT molecular complexity index is 551. The lowest BCUT2D eigenvalue weighted by molar-refractivity contribution is -0.116. The molecule has 2 rings (SSSR count). The molecule has 0 fully saturated rings. The van der Waals surface area contributed by atoms with Gasteiger partial charge in [0.2, 0.25) is 11.8 Å². The lowest BCUT2D eigenvalue weighted by Crippen LogP contribution is -2.34. The average Bonchev–Trinajstić information content (AvgIpc) is 2.77. The molecule has 0 spiro atoms. The fraction of sp³-hybridized carbons (Fsp3) is 0.500. The number of hydrogen-bond donors (Lipinski definition) is 1. The molecular weight excluding hydrogens is 284 g/mol. The molecule has 1 aliphatic rings. The number of nitrogens with two attached hydrogens (primary N) is 1. The van der Waals surface area contributed by atoms with Crippen molar-refractivity contribution in [3.8, 4) is 0 Å². The molecule has 0 radical (unpaired) electrons. The van der Waals surface area contributed by atoms with E-state index in [1.807, 2.05) is 23.1 Å². The maximum atomic E-state index is 12.4. The van der Waals surface area contributed by atoms with Gasteiger partial charge < -0.3 is 10.6 Å². The SMILES string of the molecule is CC(C)(C)[C@@H]1CN(C(=O)CSCC(N)=O)c2ccccc21. The van der Waals surface area contributed by atoms with E-state index in [2.05, 4.69) is 26.8 Å². The van der Waals surface area contributed by atoms with Crippen LogP contribution in [0.5, 0.6) is 0 Å². The van der Waals surface area contributed by atoms with Crippen molar-refractivity contribution >= 4 is 29.3 Å². The Morgan fingerprint density at radius 2 is 1.95 bits per heavy atom. The van der Waals surface area contributed by atoms with Gasteiger partial charge in [-0.1, -0.05) is 39.0 Å². The van der Waals surface area contributed by atoms with Gasteiger partial charge in [0.1, 0.15) is 0 Å². The fourth-order valence-electron chi connectivity index (χ4n) is 2.70. The van der Waals surface area contributed by atoms with Crippen molar-refractivity contribution in [2.24, 2.45) is 11.1 Å². The van der Waals surface area contributed by atoms with Crippen LogP contribution in [-0.4, -0.2) is 29.9 Å². The van der Waals surface area contributed by atoms with Crippen LogP contribution in [0, 0.1) is 5.41 Å². The van der Waals surface area contributed by atoms with Crippen LogP contribution >= 0.6 is 11.8 Å². The number of hydrogen-bond acceptors (Lipinski definition) is 3. The highest BCUT2D eigenvalue weighted by molar-refractivity contribution is 8.00. The Hall–Kier alpha value is -1.49. The lowest BCUT2D eigenvalue weighted by atomic mass is 9.78. The standard InChI is InChI=1S/C16H22N2O2S/c1-16(2,3)12-8-18(13-7-5-4-6-11(12)13)15(20)10-21-9-14(17)19/h4-7,12H,8-10H2,1-3H3,(H2,17,19)/t12-/m1/s1. The van der Waals surface area contributed by atoms with E-state index in [0.29, 0.717) is 12.5 Å². The van der Waals surface area contributed by atoms with Crippen LogP contribution in [0.25, 0.3) is 0 Å². The van der Waals surface area contributed by atoms with E-state index < -0.39 is 0 Å². The first kappa shape index (κ1) is 15.9. The van der Waals surface area contributed by atoms with Gasteiger partial charge in [0, 0.05) is 18.2 Å². The summed E-state index contributed by atoms with van der Waals surface area (Å²) in [5.74, 6) is 0.458. The van der Waals surface area contributed by atoms with Gasteiger partial charge in [0.25, 0.3) is 0 Å². The summed E-state index contributed by atoms with van der Waals surface area (Å²) in [6.45, 7) is 7.30. The first-order valence-electron chi connectivity index (χ1n) is 7.06. The number of carbonyl (C=O) groups is 2. The van der Waals surface area contributed by atoms with E-state index in [1.54, 1.807) is 0 Å². The minimum Gasteiger partial charge on any atom is -0.369 e. The number of fused-ring (bicyclic) bond motifs is 1. The lowest BCUT2D eigenvalue weighted by Gasteiger charge is -2.27. The second kappa shape index (κ2) is 6.10. The smallest absolute Gasteiger partial charge is 0.237 e. The molecule has 1 aromatic carbocycles. The Morgan fingerprint density at radius 1 is 1.29 bits per heavy atom. The number of benzene rings is 1. The van der Waals surface area contributed by atoms with Crippen molar-refractivity contribution in [3.63, 3.8) is 0 Å². The van der Waals surface area contributed by atoms with Crippen molar-refractivity contribution in [1.29, 1.82) is 0 Å². The number of amides is 2. The summed E-state index contributed by atoms with van der Waals surface area (Å²) in [4.78, 5) is 25.0. The molecule has 0 aromatic heterocycles. The molecule has 0 saturated heterocycles. The van der Waals surface area contributed by atoms with Crippen LogP contribution in [-0.2, 0) is 9.59 Å². The minimum absolute atomic E-state index is 0.0421. The molecule has 1 aliphatic heterocycles. The molecule has 1 heterocycles. The number of nitrogens with zero attached hydrogens (tertiary/aromatic N) is 1. The van der Waals surface area contributed by atoms with Gasteiger partial charge in [-0.2, -0.15) is 0 Å². The number of thioether (sulfide) groups is 1. The summed E-state index contributed by atoms with van der Waals surface area (Å²) in [7, 11) is 0. The van der Waals surface area contributed by atoms with Crippen molar-refractivity contribution in [2.45, 2.75) is 26.7 Å². The van der Waals surface area contributed by atoms with Crippen molar-refractivity contribution in [3.05, 3.63) is 29.8 Å². The summed E-state index contributed by atoms with van der Waals surface area (Å²) < 4.78 is 0. The fourth-order valence-corrected chi connectivity index (χ4v) is 3.33. The molecule has 2 N–H and O–H groups in total. The van der Waals surface area contributed by atoms with Crippen molar-refractivity contribution in [1.82, 2.24) is 0 Å². The third-order valence-corrected chi connectivity index (χ3v) is 4.72. The van der Waals surface area contributed by atoms with Crippen LogP contribution in [0.1, 0.15) is 32.3 Å². The van der Waals surface area contributed by atoms with Gasteiger partial charge in [-0.25, -0.2) is 0 Å². The van der Waals surface area contributed by atoms with E-state index in [0.717, 1.165) is 5.69 Å². The Kier molecular flexibility index (Phi) is 4.61. The predicted octanol–water partition coefficient (Wildman–Crippen LogP) is 2.38. The predicted molar refractivity (Wildman–Crippen MR) is 87.5 cm³/mol. The highest BCUT2D eigenvalue weighted by atomic mass is 32.2. The van der Waals surface area contributed by atoms with Crippen LogP contribution in [0.2, 0.25) is 0 Å². The second-order valence-corrected chi connectivity index (χ2v) is 7.43. The molecule has 21 heavy (non-hydrogen) atoms. The van der Waals surface area contributed by atoms with E-state index in [9.17, 15) is 9.59 Å². The van der Waals surface area contributed by atoms with E-state index in [-0.39, 0.29) is 28.7 Å². The minimum atomic E-state index is -0.387. The Labute approximate surface area is 130 Å². The quantitative estimate of drug-likeness (QED) is 0.929. The zero-order chi connectivity index (χ0) is 15.6. The van der Waals surface area contributed by atoms with E-state index in [4.69, 9.17) is 5.73 Å². The third-order valence-electron chi connectivity index (χ3n) is 3.78. The number of rotatable bonds is 4. The first-order valence-corrected chi connectivity index (χ1v) is 8.21. The van der Waals surface area contributed by atoms with Gasteiger partial charge in [-0.15, -0.1) is 11.8 Å². The molecule has 0 saturated carbocycles. The molecule has 114 valence electrons. The van der Waals surface area contributed by atoms with Crippen LogP contribution in [0.15, 0.2) is 24.3 Å². The molecule has 5 heteroatoms. The molecular formula is C16H22N2O2S. The Balaban J connectivity index is 2.15. The summed E-state index contributed by atoms with van der Waals surface area (Å²) in [5.41, 5.74) is 7.44. The summed E-state index contributed by atoms with van der Waals surface area (Å²) in [6.07, 6.45) is 0. The molecule has 0 bridgehead atoms. The first-order chi connectivity index (χ1) is 9.80. The maximum Gasteiger partial charge on any atom is 0.237 e. The molecule has 2 amide bonds. The summed E-state index contributed by atoms with van der Waals surface area (Å²) in [6, 6.07) is 8.08. The molecule has 4 nitrogen and oxygen atoms in total. The zero-order valence-corrected chi connectivity index (χ0v) is 13.6. The van der Waals surface area contributed by atoms with Crippen molar-refractivity contribution in [2.75, 3.05) is 23.0 Å². The van der Waals surface area contributed by atoms with Crippen molar-refractivity contribution < 1.29 is 9.59 Å². The molecule has 1 atom stereocenters. The highest BCUT2D eigenvalue weighted by Gasteiger charge is 2.38.